The molecule has 160 valence electrons. The quantitative estimate of drug-likeness (QED) is 0.500. The SMILES string of the molecule is CCc1ccccc1N1CC(c2nnc(NC(=O)CCSc3ccccc3)s2)CC1=O. The van der Waals surface area contributed by atoms with Crippen LogP contribution in [0.15, 0.2) is 59.5 Å². The summed E-state index contributed by atoms with van der Waals surface area (Å²) < 4.78 is 0. The lowest BCUT2D eigenvalue weighted by atomic mass is 10.1. The summed E-state index contributed by atoms with van der Waals surface area (Å²) in [7, 11) is 0. The average Bonchev–Trinajstić information content (AvgIpc) is 3.41. The summed E-state index contributed by atoms with van der Waals surface area (Å²) in [5.74, 6) is 0.718. The minimum Gasteiger partial charge on any atom is -0.311 e. The Labute approximate surface area is 190 Å². The van der Waals surface area contributed by atoms with Gasteiger partial charge >= 0.3 is 0 Å². The van der Waals surface area contributed by atoms with Crippen molar-refractivity contribution in [1.29, 1.82) is 0 Å². The number of hydrogen-bond donors (Lipinski definition) is 1. The highest BCUT2D eigenvalue weighted by Gasteiger charge is 2.34. The molecule has 3 aromatic rings. The van der Waals surface area contributed by atoms with Gasteiger partial charge < -0.3 is 10.2 Å². The topological polar surface area (TPSA) is 75.2 Å². The second kappa shape index (κ2) is 10.1. The molecule has 0 spiro atoms. The molecule has 1 aromatic heterocycles. The molecule has 0 radical (unpaired) electrons. The number of rotatable bonds is 8. The first kappa shape index (κ1) is 21.5. The number of amides is 2. The molecule has 1 fully saturated rings. The Morgan fingerprint density at radius 1 is 1.16 bits per heavy atom. The number of carbonyl (C=O) groups excluding carboxylic acids is 2. The van der Waals surface area contributed by atoms with Gasteiger partial charge in [0.25, 0.3) is 0 Å². The van der Waals surface area contributed by atoms with Gasteiger partial charge in [-0.15, -0.1) is 22.0 Å². The van der Waals surface area contributed by atoms with Gasteiger partial charge in [-0.2, -0.15) is 0 Å². The Morgan fingerprint density at radius 2 is 1.94 bits per heavy atom. The lowest BCUT2D eigenvalue weighted by Gasteiger charge is -2.19. The zero-order valence-electron chi connectivity index (χ0n) is 17.3. The molecule has 1 N–H and O–H groups in total. The van der Waals surface area contributed by atoms with Crippen LogP contribution in [-0.2, 0) is 16.0 Å². The van der Waals surface area contributed by atoms with Crippen molar-refractivity contribution in [2.24, 2.45) is 0 Å². The zero-order chi connectivity index (χ0) is 21.6. The molecule has 31 heavy (non-hydrogen) atoms. The Hall–Kier alpha value is -2.71. The van der Waals surface area contributed by atoms with E-state index >= 15 is 0 Å². The Morgan fingerprint density at radius 3 is 2.74 bits per heavy atom. The van der Waals surface area contributed by atoms with Gasteiger partial charge in [-0.1, -0.05) is 54.7 Å². The first-order valence-corrected chi connectivity index (χ1v) is 12.1. The van der Waals surface area contributed by atoms with Crippen molar-refractivity contribution >= 4 is 45.7 Å². The van der Waals surface area contributed by atoms with Gasteiger partial charge in [0.05, 0.1) is 0 Å². The molecule has 0 saturated carbocycles. The van der Waals surface area contributed by atoms with Gasteiger partial charge in [-0.25, -0.2) is 0 Å². The first-order chi connectivity index (χ1) is 15.1. The van der Waals surface area contributed by atoms with E-state index in [-0.39, 0.29) is 17.7 Å². The van der Waals surface area contributed by atoms with E-state index in [0.29, 0.717) is 30.3 Å². The predicted molar refractivity (Wildman–Crippen MR) is 126 cm³/mol. The molecule has 0 bridgehead atoms. The third kappa shape index (κ3) is 5.32. The molecule has 4 rings (SSSR count). The number of nitrogens with zero attached hydrogens (tertiary/aromatic N) is 3. The number of carbonyl (C=O) groups is 2. The van der Waals surface area contributed by atoms with Crippen LogP contribution in [0.1, 0.15) is 36.3 Å². The van der Waals surface area contributed by atoms with Gasteiger partial charge in [0.2, 0.25) is 16.9 Å². The van der Waals surface area contributed by atoms with Gasteiger partial charge in [0, 0.05) is 41.6 Å². The maximum atomic E-state index is 12.7. The van der Waals surface area contributed by atoms with E-state index in [0.717, 1.165) is 27.6 Å². The maximum Gasteiger partial charge on any atom is 0.227 e. The lowest BCUT2D eigenvalue weighted by molar-refractivity contribution is -0.117. The maximum absolute atomic E-state index is 12.7. The largest absolute Gasteiger partial charge is 0.311 e. The van der Waals surface area contributed by atoms with Gasteiger partial charge in [-0.05, 0) is 30.2 Å². The fraction of sp³-hybridized carbons (Fsp3) is 0.304. The summed E-state index contributed by atoms with van der Waals surface area (Å²) in [6.45, 7) is 2.68. The molecule has 1 atom stereocenters. The summed E-state index contributed by atoms with van der Waals surface area (Å²) >= 11 is 3.01. The molecule has 1 saturated heterocycles. The van der Waals surface area contributed by atoms with Crippen LogP contribution in [0.25, 0.3) is 0 Å². The van der Waals surface area contributed by atoms with E-state index < -0.39 is 0 Å². The number of anilines is 2. The van der Waals surface area contributed by atoms with Crippen LogP contribution in [0.3, 0.4) is 0 Å². The van der Waals surface area contributed by atoms with Crippen molar-refractivity contribution < 1.29 is 9.59 Å². The summed E-state index contributed by atoms with van der Waals surface area (Å²) in [5, 5.41) is 12.5. The number of aryl methyl sites for hydroxylation is 1. The smallest absolute Gasteiger partial charge is 0.227 e. The number of hydrogen-bond acceptors (Lipinski definition) is 6. The van der Waals surface area contributed by atoms with E-state index in [1.54, 1.807) is 11.8 Å². The molecule has 6 nitrogen and oxygen atoms in total. The number of aromatic nitrogens is 2. The molecular weight excluding hydrogens is 428 g/mol. The average molecular weight is 453 g/mol. The number of thioether (sulfide) groups is 1. The van der Waals surface area contributed by atoms with Crippen LogP contribution in [0, 0.1) is 0 Å². The fourth-order valence-electron chi connectivity index (χ4n) is 3.59. The summed E-state index contributed by atoms with van der Waals surface area (Å²) in [5.41, 5.74) is 2.14. The molecule has 2 amide bonds. The molecule has 1 unspecified atom stereocenters. The van der Waals surface area contributed by atoms with E-state index in [1.165, 1.54) is 11.3 Å². The van der Waals surface area contributed by atoms with Gasteiger partial charge in [0.15, 0.2) is 0 Å². The number of para-hydroxylation sites is 1. The Bertz CT molecular complexity index is 1050. The minimum atomic E-state index is -0.0767. The Kier molecular flexibility index (Phi) is 6.99. The Balaban J connectivity index is 1.32. The van der Waals surface area contributed by atoms with Gasteiger partial charge in [-0.3, -0.25) is 9.59 Å². The zero-order valence-corrected chi connectivity index (χ0v) is 18.9. The highest BCUT2D eigenvalue weighted by Crippen LogP contribution is 2.35. The van der Waals surface area contributed by atoms with E-state index in [1.807, 2.05) is 53.4 Å². The third-order valence-corrected chi connectivity index (χ3v) is 7.18. The molecule has 8 heteroatoms. The predicted octanol–water partition coefficient (Wildman–Crippen LogP) is 4.74. The molecule has 2 aromatic carbocycles. The van der Waals surface area contributed by atoms with Crippen LogP contribution in [0.5, 0.6) is 0 Å². The monoisotopic (exact) mass is 452 g/mol. The number of benzene rings is 2. The minimum absolute atomic E-state index is 0.00537. The molecule has 1 aliphatic heterocycles. The number of nitrogens with one attached hydrogen (secondary N) is 1. The summed E-state index contributed by atoms with van der Waals surface area (Å²) in [6.07, 6.45) is 1.69. The summed E-state index contributed by atoms with van der Waals surface area (Å²) in [4.78, 5) is 27.9. The summed E-state index contributed by atoms with van der Waals surface area (Å²) in [6, 6.07) is 18.0. The molecule has 0 aliphatic carbocycles. The van der Waals surface area contributed by atoms with Crippen LogP contribution in [-0.4, -0.2) is 34.3 Å². The van der Waals surface area contributed by atoms with E-state index in [4.69, 9.17) is 0 Å². The van der Waals surface area contributed by atoms with Crippen molar-refractivity contribution in [1.82, 2.24) is 10.2 Å². The second-order valence-corrected chi connectivity index (χ2v) is 9.47. The first-order valence-electron chi connectivity index (χ1n) is 10.3. The van der Waals surface area contributed by atoms with Crippen LogP contribution >= 0.6 is 23.1 Å². The van der Waals surface area contributed by atoms with E-state index in [2.05, 4.69) is 28.5 Å². The van der Waals surface area contributed by atoms with E-state index in [9.17, 15) is 9.59 Å². The molecule has 2 heterocycles. The van der Waals surface area contributed by atoms with Crippen LogP contribution in [0.4, 0.5) is 10.8 Å². The lowest BCUT2D eigenvalue weighted by Crippen LogP contribution is -2.25. The van der Waals surface area contributed by atoms with Gasteiger partial charge in [0.1, 0.15) is 5.01 Å². The molecule has 1 aliphatic rings. The highest BCUT2D eigenvalue weighted by atomic mass is 32.2. The van der Waals surface area contributed by atoms with Crippen molar-refractivity contribution in [2.45, 2.75) is 37.0 Å². The van der Waals surface area contributed by atoms with Crippen molar-refractivity contribution in [3.8, 4) is 0 Å². The fourth-order valence-corrected chi connectivity index (χ4v) is 5.31. The van der Waals surface area contributed by atoms with Crippen molar-refractivity contribution in [2.75, 3.05) is 22.5 Å². The standard InChI is InChI=1S/C23H24N4O2S2/c1-2-16-8-6-7-11-19(16)27-15-17(14-21(27)29)22-25-26-23(31-22)24-20(28)12-13-30-18-9-4-3-5-10-18/h3-11,17H,2,12-15H2,1H3,(H,24,26,28). The molecular formula is C23H24N4O2S2. The van der Waals surface area contributed by atoms with Crippen molar-refractivity contribution in [3.63, 3.8) is 0 Å². The van der Waals surface area contributed by atoms with Crippen molar-refractivity contribution in [3.05, 3.63) is 65.2 Å². The van der Waals surface area contributed by atoms with Crippen LogP contribution < -0.4 is 10.2 Å². The third-order valence-electron chi connectivity index (χ3n) is 5.17. The second-order valence-electron chi connectivity index (χ2n) is 7.29. The normalized spacial score (nSPS) is 16.0. The van der Waals surface area contributed by atoms with Crippen LogP contribution in [0.2, 0.25) is 0 Å². The highest BCUT2D eigenvalue weighted by molar-refractivity contribution is 7.99.